The molecule has 1 heterocycles. The lowest BCUT2D eigenvalue weighted by atomic mass is 10.2. The van der Waals surface area contributed by atoms with Crippen LogP contribution in [-0.4, -0.2) is 15.8 Å². The molecule has 1 aromatic heterocycles. The molecule has 0 aliphatic heterocycles. The van der Waals surface area contributed by atoms with Crippen LogP contribution in [0.4, 0.5) is 15.8 Å². The van der Waals surface area contributed by atoms with Gasteiger partial charge in [-0.2, -0.15) is 4.39 Å². The first-order chi connectivity index (χ1) is 9.47. The van der Waals surface area contributed by atoms with Crippen molar-refractivity contribution in [3.63, 3.8) is 0 Å². The first-order valence-corrected chi connectivity index (χ1v) is 6.42. The predicted octanol–water partition coefficient (Wildman–Crippen LogP) is 2.99. The summed E-state index contributed by atoms with van der Waals surface area (Å²) >= 11 is 1.90. The Labute approximate surface area is 126 Å². The molecule has 0 aliphatic carbocycles. The van der Waals surface area contributed by atoms with Gasteiger partial charge in [-0.05, 0) is 40.8 Å². The van der Waals surface area contributed by atoms with Crippen molar-refractivity contribution in [3.05, 3.63) is 61.7 Å². The third-order valence-electron chi connectivity index (χ3n) is 2.39. The number of nitrogens with one attached hydrogen (secondary N) is 1. The van der Waals surface area contributed by atoms with Gasteiger partial charge in [-0.25, -0.2) is 4.98 Å². The van der Waals surface area contributed by atoms with E-state index in [0.717, 1.165) is 12.3 Å². The van der Waals surface area contributed by atoms with Gasteiger partial charge < -0.3 is 5.32 Å². The highest BCUT2D eigenvalue weighted by molar-refractivity contribution is 14.1. The quantitative estimate of drug-likeness (QED) is 0.380. The Hall–Kier alpha value is -2.10. The fourth-order valence-electron chi connectivity index (χ4n) is 1.45. The van der Waals surface area contributed by atoms with Crippen LogP contribution < -0.4 is 5.32 Å². The molecule has 102 valence electrons. The second kappa shape index (κ2) is 5.90. The van der Waals surface area contributed by atoms with Crippen molar-refractivity contribution in [1.29, 1.82) is 0 Å². The van der Waals surface area contributed by atoms with Crippen molar-refractivity contribution in [3.8, 4) is 0 Å². The van der Waals surface area contributed by atoms with E-state index in [4.69, 9.17) is 0 Å². The van der Waals surface area contributed by atoms with E-state index in [1.807, 2.05) is 22.6 Å². The molecule has 1 amide bonds. The number of rotatable bonds is 3. The molecular formula is C12H7FIN3O3. The zero-order valence-corrected chi connectivity index (χ0v) is 12.0. The second-order valence-corrected chi connectivity index (χ2v) is 4.91. The van der Waals surface area contributed by atoms with Crippen LogP contribution in [0, 0.1) is 19.6 Å². The average molecular weight is 387 g/mol. The number of nitro benzene ring substituents is 1. The van der Waals surface area contributed by atoms with Crippen LogP contribution in [0.25, 0.3) is 0 Å². The van der Waals surface area contributed by atoms with Crippen molar-refractivity contribution >= 4 is 39.9 Å². The summed E-state index contributed by atoms with van der Waals surface area (Å²) in [5.74, 6) is -1.18. The van der Waals surface area contributed by atoms with E-state index >= 15 is 0 Å². The maximum atomic E-state index is 12.7. The first-order valence-electron chi connectivity index (χ1n) is 5.34. The molecule has 0 spiro atoms. The normalized spacial score (nSPS) is 10.1. The number of pyridine rings is 1. The van der Waals surface area contributed by atoms with E-state index < -0.39 is 16.8 Å². The summed E-state index contributed by atoms with van der Waals surface area (Å²) < 4.78 is 13.2. The predicted molar refractivity (Wildman–Crippen MR) is 78.0 cm³/mol. The van der Waals surface area contributed by atoms with Crippen molar-refractivity contribution in [1.82, 2.24) is 4.98 Å². The highest BCUT2D eigenvalue weighted by atomic mass is 127. The third kappa shape index (κ3) is 3.26. The monoisotopic (exact) mass is 387 g/mol. The lowest BCUT2D eigenvalue weighted by Crippen LogP contribution is -2.14. The first kappa shape index (κ1) is 14.3. The Morgan fingerprint density at radius 1 is 1.35 bits per heavy atom. The summed E-state index contributed by atoms with van der Waals surface area (Å²) in [5.41, 5.74) is 0.302. The molecule has 0 atom stereocenters. The maximum absolute atomic E-state index is 12.7. The van der Waals surface area contributed by atoms with Gasteiger partial charge in [-0.15, -0.1) is 0 Å². The number of benzene rings is 1. The van der Waals surface area contributed by atoms with Crippen LogP contribution in [0.5, 0.6) is 0 Å². The number of aromatic nitrogens is 1. The fourth-order valence-corrected chi connectivity index (χ4v) is 2.03. The third-order valence-corrected chi connectivity index (χ3v) is 3.33. The molecule has 2 rings (SSSR count). The molecule has 0 fully saturated rings. The van der Waals surface area contributed by atoms with Gasteiger partial charge in [0.1, 0.15) is 0 Å². The minimum atomic E-state index is -0.659. The number of hydrogen-bond donors (Lipinski definition) is 1. The van der Waals surface area contributed by atoms with Crippen LogP contribution in [0.15, 0.2) is 36.5 Å². The largest absolute Gasteiger partial charge is 0.321 e. The van der Waals surface area contributed by atoms with Crippen LogP contribution in [0.2, 0.25) is 0 Å². The standard InChI is InChI=1S/C12H7FIN3O3/c13-11-4-1-7(6-15-11)16-12(18)9-5-8(17(19)20)2-3-10(9)14/h1-6H,(H,16,18). The molecule has 0 aliphatic rings. The van der Waals surface area contributed by atoms with E-state index in [0.29, 0.717) is 9.26 Å². The number of halogens is 2. The molecular weight excluding hydrogens is 380 g/mol. The molecule has 1 aromatic carbocycles. The van der Waals surface area contributed by atoms with E-state index in [2.05, 4.69) is 10.3 Å². The molecule has 0 radical (unpaired) electrons. The lowest BCUT2D eigenvalue weighted by molar-refractivity contribution is -0.384. The Morgan fingerprint density at radius 3 is 2.70 bits per heavy atom. The number of amides is 1. The minimum Gasteiger partial charge on any atom is -0.321 e. The van der Waals surface area contributed by atoms with Gasteiger partial charge in [-0.3, -0.25) is 14.9 Å². The van der Waals surface area contributed by atoms with Crippen LogP contribution in [-0.2, 0) is 0 Å². The van der Waals surface area contributed by atoms with E-state index in [1.54, 1.807) is 0 Å². The van der Waals surface area contributed by atoms with E-state index in [-0.39, 0.29) is 11.3 Å². The fraction of sp³-hybridized carbons (Fsp3) is 0. The molecule has 2 aromatic rings. The Balaban J connectivity index is 2.26. The van der Waals surface area contributed by atoms with Gasteiger partial charge in [0.15, 0.2) is 0 Å². The molecule has 0 bridgehead atoms. The van der Waals surface area contributed by atoms with Crippen LogP contribution >= 0.6 is 22.6 Å². The zero-order chi connectivity index (χ0) is 14.7. The van der Waals surface area contributed by atoms with Crippen LogP contribution in [0.1, 0.15) is 10.4 Å². The second-order valence-electron chi connectivity index (χ2n) is 3.74. The molecule has 8 heteroatoms. The SMILES string of the molecule is O=C(Nc1ccc(F)nc1)c1cc([N+](=O)[O-])ccc1I. The summed E-state index contributed by atoms with van der Waals surface area (Å²) in [7, 11) is 0. The van der Waals surface area contributed by atoms with Crippen molar-refractivity contribution in [2.24, 2.45) is 0 Å². The minimum absolute atomic E-state index is 0.170. The molecule has 0 saturated carbocycles. The van der Waals surface area contributed by atoms with Crippen molar-refractivity contribution in [2.45, 2.75) is 0 Å². The summed E-state index contributed by atoms with van der Waals surface area (Å²) in [6, 6.07) is 6.45. The van der Waals surface area contributed by atoms with Gasteiger partial charge in [0.05, 0.1) is 22.4 Å². The van der Waals surface area contributed by atoms with E-state index in [9.17, 15) is 19.3 Å². The number of carbonyl (C=O) groups is 1. The van der Waals surface area contributed by atoms with Crippen LogP contribution in [0.3, 0.4) is 0 Å². The number of hydrogen-bond acceptors (Lipinski definition) is 4. The molecule has 6 nitrogen and oxygen atoms in total. The molecule has 0 unspecified atom stereocenters. The Morgan fingerprint density at radius 2 is 2.10 bits per heavy atom. The number of nitro groups is 1. The topological polar surface area (TPSA) is 85.1 Å². The highest BCUT2D eigenvalue weighted by Gasteiger charge is 2.15. The van der Waals surface area contributed by atoms with Gasteiger partial charge in [-0.1, -0.05) is 0 Å². The highest BCUT2D eigenvalue weighted by Crippen LogP contribution is 2.20. The smallest absolute Gasteiger partial charge is 0.270 e. The number of non-ortho nitro benzene ring substituents is 1. The molecule has 0 saturated heterocycles. The number of anilines is 1. The summed E-state index contributed by atoms with van der Waals surface area (Å²) in [6.07, 6.45) is 1.16. The average Bonchev–Trinajstić information content (AvgIpc) is 2.41. The maximum Gasteiger partial charge on any atom is 0.270 e. The van der Waals surface area contributed by atoms with Gasteiger partial charge in [0, 0.05) is 15.7 Å². The van der Waals surface area contributed by atoms with Gasteiger partial charge in [0.25, 0.3) is 11.6 Å². The summed E-state index contributed by atoms with van der Waals surface area (Å²) in [6.45, 7) is 0. The molecule has 1 N–H and O–H groups in total. The summed E-state index contributed by atoms with van der Waals surface area (Å²) in [5, 5.41) is 13.2. The van der Waals surface area contributed by atoms with E-state index in [1.165, 1.54) is 24.3 Å². The lowest BCUT2D eigenvalue weighted by Gasteiger charge is -2.06. The van der Waals surface area contributed by atoms with Crippen molar-refractivity contribution < 1.29 is 14.1 Å². The van der Waals surface area contributed by atoms with Gasteiger partial charge in [0.2, 0.25) is 5.95 Å². The Kier molecular flexibility index (Phi) is 4.23. The van der Waals surface area contributed by atoms with Gasteiger partial charge >= 0.3 is 0 Å². The Bertz CT molecular complexity index is 676. The number of carbonyl (C=O) groups excluding carboxylic acids is 1. The number of nitrogens with zero attached hydrogens (tertiary/aromatic N) is 2. The summed E-state index contributed by atoms with van der Waals surface area (Å²) in [4.78, 5) is 25.6. The van der Waals surface area contributed by atoms with Crippen molar-refractivity contribution in [2.75, 3.05) is 5.32 Å². The molecule has 20 heavy (non-hydrogen) atoms. The zero-order valence-electron chi connectivity index (χ0n) is 9.84.